The number of methoxy groups -OCH3 is 1. The van der Waals surface area contributed by atoms with Crippen molar-refractivity contribution in [2.75, 3.05) is 7.11 Å². The summed E-state index contributed by atoms with van der Waals surface area (Å²) in [6.45, 7) is 3.49. The summed E-state index contributed by atoms with van der Waals surface area (Å²) < 4.78 is 4.92. The molecule has 13 heavy (non-hydrogen) atoms. The highest BCUT2D eigenvalue weighted by Crippen LogP contribution is 2.24. The van der Waals surface area contributed by atoms with E-state index in [4.69, 9.17) is 4.74 Å². The number of benzene rings is 1. The molecule has 68 valence electrons. The van der Waals surface area contributed by atoms with Gasteiger partial charge in [-0.2, -0.15) is 0 Å². The molecule has 0 saturated heterocycles. The van der Waals surface area contributed by atoms with Gasteiger partial charge in [-0.15, -0.1) is 0 Å². The summed E-state index contributed by atoms with van der Waals surface area (Å²) in [5.74, 6) is 0.584. The van der Waals surface area contributed by atoms with Crippen molar-refractivity contribution < 1.29 is 9.66 Å². The van der Waals surface area contributed by atoms with Crippen LogP contribution in [0.1, 0.15) is 5.56 Å². The van der Waals surface area contributed by atoms with Gasteiger partial charge in [0, 0.05) is 6.07 Å². The Morgan fingerprint density at radius 2 is 2.31 bits per heavy atom. The zero-order valence-electron chi connectivity index (χ0n) is 7.19. The molecule has 0 atom stereocenters. The van der Waals surface area contributed by atoms with Crippen LogP contribution in [0.4, 0.5) is 5.69 Å². The van der Waals surface area contributed by atoms with Crippen molar-refractivity contribution in [1.29, 1.82) is 0 Å². The second kappa shape index (κ2) is 3.71. The first kappa shape index (κ1) is 9.25. The molecule has 0 bridgehead atoms. The fourth-order valence-electron chi connectivity index (χ4n) is 0.989. The van der Waals surface area contributed by atoms with E-state index in [2.05, 4.69) is 6.58 Å². The maximum Gasteiger partial charge on any atom is 0.276 e. The lowest BCUT2D eigenvalue weighted by molar-refractivity contribution is -0.385. The quantitative estimate of drug-likeness (QED) is 0.528. The molecule has 0 radical (unpaired) electrons. The number of hydrogen-bond donors (Lipinski definition) is 0. The lowest BCUT2D eigenvalue weighted by atomic mass is 10.1. The van der Waals surface area contributed by atoms with Crippen molar-refractivity contribution in [3.05, 3.63) is 40.5 Å². The number of rotatable bonds is 3. The minimum Gasteiger partial charge on any atom is -0.497 e. The lowest BCUT2D eigenvalue weighted by Crippen LogP contribution is -1.92. The molecule has 0 spiro atoms. The Morgan fingerprint density at radius 1 is 1.62 bits per heavy atom. The van der Waals surface area contributed by atoms with Crippen molar-refractivity contribution in [2.24, 2.45) is 0 Å². The predicted molar refractivity (Wildman–Crippen MR) is 49.7 cm³/mol. The van der Waals surface area contributed by atoms with Crippen LogP contribution in [0.3, 0.4) is 0 Å². The second-order valence-corrected chi connectivity index (χ2v) is 2.39. The predicted octanol–water partition coefficient (Wildman–Crippen LogP) is 2.25. The number of nitro groups is 1. The van der Waals surface area contributed by atoms with Gasteiger partial charge in [0.25, 0.3) is 5.69 Å². The van der Waals surface area contributed by atoms with Crippen LogP contribution in [0.15, 0.2) is 24.8 Å². The summed E-state index contributed by atoms with van der Waals surface area (Å²) in [6, 6.07) is 4.52. The van der Waals surface area contributed by atoms with E-state index in [-0.39, 0.29) is 5.69 Å². The summed E-state index contributed by atoms with van der Waals surface area (Å²) in [7, 11) is 1.51. The van der Waals surface area contributed by atoms with Crippen molar-refractivity contribution in [3.63, 3.8) is 0 Å². The van der Waals surface area contributed by atoms with Gasteiger partial charge in [-0.1, -0.05) is 12.7 Å². The number of ether oxygens (including phenoxy) is 1. The molecule has 1 aromatic carbocycles. The monoisotopic (exact) mass is 179 g/mol. The van der Waals surface area contributed by atoms with Crippen LogP contribution in [0.5, 0.6) is 5.75 Å². The van der Waals surface area contributed by atoms with Gasteiger partial charge in [0.1, 0.15) is 5.75 Å². The third-order valence-corrected chi connectivity index (χ3v) is 1.65. The Hall–Kier alpha value is -1.84. The van der Waals surface area contributed by atoms with E-state index < -0.39 is 4.92 Å². The third kappa shape index (κ3) is 1.84. The molecule has 4 nitrogen and oxygen atoms in total. The van der Waals surface area contributed by atoms with E-state index in [1.54, 1.807) is 12.1 Å². The van der Waals surface area contributed by atoms with Crippen LogP contribution in [-0.4, -0.2) is 12.0 Å². The molecular weight excluding hydrogens is 170 g/mol. The summed E-state index contributed by atoms with van der Waals surface area (Å²) in [6.07, 6.45) is 1.43. The van der Waals surface area contributed by atoms with Gasteiger partial charge in [0.15, 0.2) is 0 Å². The molecule has 0 N–H and O–H groups in total. The minimum atomic E-state index is -0.448. The van der Waals surface area contributed by atoms with Crippen LogP contribution in [0.25, 0.3) is 6.08 Å². The maximum absolute atomic E-state index is 10.5. The van der Waals surface area contributed by atoms with Crippen LogP contribution in [0, 0.1) is 10.1 Å². The van der Waals surface area contributed by atoms with Crippen molar-refractivity contribution in [2.45, 2.75) is 0 Å². The molecule has 0 fully saturated rings. The summed E-state index contributed by atoms with van der Waals surface area (Å²) in [5.41, 5.74) is 0.500. The summed E-state index contributed by atoms with van der Waals surface area (Å²) in [4.78, 5) is 10.0. The van der Waals surface area contributed by atoms with Crippen LogP contribution < -0.4 is 4.74 Å². The SMILES string of the molecule is C=Cc1cc(OC)ccc1[N+](=O)[O-]. The number of nitrogens with zero attached hydrogens (tertiary/aromatic N) is 1. The molecule has 1 aromatic rings. The highest BCUT2D eigenvalue weighted by atomic mass is 16.6. The standard InChI is InChI=1S/C9H9NO3/c1-3-7-6-8(13-2)4-5-9(7)10(11)12/h3-6H,1H2,2H3. The molecule has 0 aliphatic heterocycles. The summed E-state index contributed by atoms with van der Waals surface area (Å²) >= 11 is 0. The average Bonchev–Trinajstić information content (AvgIpc) is 2.16. The average molecular weight is 179 g/mol. The van der Waals surface area contributed by atoms with Gasteiger partial charge in [-0.3, -0.25) is 10.1 Å². The van der Waals surface area contributed by atoms with Gasteiger partial charge >= 0.3 is 0 Å². The third-order valence-electron chi connectivity index (χ3n) is 1.65. The van der Waals surface area contributed by atoms with Crippen LogP contribution in [-0.2, 0) is 0 Å². The van der Waals surface area contributed by atoms with Crippen molar-refractivity contribution in [1.82, 2.24) is 0 Å². The molecule has 0 heterocycles. The molecular formula is C9H9NO3. The van der Waals surface area contributed by atoms with E-state index in [0.29, 0.717) is 11.3 Å². The van der Waals surface area contributed by atoms with E-state index in [1.807, 2.05) is 0 Å². The Morgan fingerprint density at radius 3 is 2.77 bits per heavy atom. The lowest BCUT2D eigenvalue weighted by Gasteiger charge is -2.01. The molecule has 0 aliphatic carbocycles. The molecule has 1 rings (SSSR count). The van der Waals surface area contributed by atoms with E-state index in [1.165, 1.54) is 19.3 Å². The van der Waals surface area contributed by atoms with Crippen molar-refractivity contribution in [3.8, 4) is 5.75 Å². The molecule has 0 saturated carbocycles. The van der Waals surface area contributed by atoms with Crippen LogP contribution in [0.2, 0.25) is 0 Å². The molecule has 0 amide bonds. The smallest absolute Gasteiger partial charge is 0.276 e. The van der Waals surface area contributed by atoms with E-state index in [0.717, 1.165) is 0 Å². The normalized spacial score (nSPS) is 9.31. The van der Waals surface area contributed by atoms with Gasteiger partial charge < -0.3 is 4.74 Å². The molecule has 0 aliphatic rings. The Bertz CT molecular complexity index is 347. The highest BCUT2D eigenvalue weighted by molar-refractivity contribution is 5.61. The highest BCUT2D eigenvalue weighted by Gasteiger charge is 2.11. The van der Waals surface area contributed by atoms with Gasteiger partial charge in [0.2, 0.25) is 0 Å². The zero-order valence-corrected chi connectivity index (χ0v) is 7.19. The minimum absolute atomic E-state index is 0.0378. The van der Waals surface area contributed by atoms with Gasteiger partial charge in [-0.05, 0) is 12.1 Å². The summed E-state index contributed by atoms with van der Waals surface area (Å²) in [5, 5.41) is 10.5. The molecule has 0 unspecified atom stereocenters. The fraction of sp³-hybridized carbons (Fsp3) is 0.111. The zero-order chi connectivity index (χ0) is 9.84. The Kier molecular flexibility index (Phi) is 2.64. The van der Waals surface area contributed by atoms with Gasteiger partial charge in [-0.25, -0.2) is 0 Å². The Balaban J connectivity index is 3.23. The first-order chi connectivity index (χ1) is 6.19. The topological polar surface area (TPSA) is 52.4 Å². The number of hydrogen-bond acceptors (Lipinski definition) is 3. The first-order valence-corrected chi connectivity index (χ1v) is 3.64. The fourth-order valence-corrected chi connectivity index (χ4v) is 0.989. The molecule has 4 heteroatoms. The number of nitro benzene ring substituents is 1. The Labute approximate surface area is 75.6 Å². The first-order valence-electron chi connectivity index (χ1n) is 3.64. The van der Waals surface area contributed by atoms with Gasteiger partial charge in [0.05, 0.1) is 17.6 Å². The van der Waals surface area contributed by atoms with Crippen LogP contribution >= 0.6 is 0 Å². The molecule has 0 aromatic heterocycles. The largest absolute Gasteiger partial charge is 0.497 e. The maximum atomic E-state index is 10.5. The second-order valence-electron chi connectivity index (χ2n) is 2.39. The van der Waals surface area contributed by atoms with E-state index >= 15 is 0 Å². The van der Waals surface area contributed by atoms with Crippen molar-refractivity contribution >= 4 is 11.8 Å². The van der Waals surface area contributed by atoms with E-state index in [9.17, 15) is 10.1 Å².